The monoisotopic (exact) mass is 160 g/mol. The first-order valence-corrected chi connectivity index (χ1v) is 3.41. The first kappa shape index (κ1) is 7.07. The average Bonchev–Trinajstić information content (AvgIpc) is 1.95. The summed E-state index contributed by atoms with van der Waals surface area (Å²) in [6.07, 6.45) is 0. The molecule has 0 radical (unpaired) electrons. The van der Waals surface area contributed by atoms with Gasteiger partial charge in [0.2, 0.25) is 5.90 Å². The van der Waals surface area contributed by atoms with E-state index in [1.807, 2.05) is 0 Å². The summed E-state index contributed by atoms with van der Waals surface area (Å²) in [7, 11) is 0. The predicted molar refractivity (Wildman–Crippen MR) is 35.6 cm³/mol. The Morgan fingerprint density at radius 3 is 3.10 bits per heavy atom. The van der Waals surface area contributed by atoms with Crippen molar-refractivity contribution in [1.82, 2.24) is 5.43 Å². The van der Waals surface area contributed by atoms with Crippen molar-refractivity contribution in [2.75, 3.05) is 5.75 Å². The molecule has 1 amide bonds. The Kier molecular flexibility index (Phi) is 2.27. The van der Waals surface area contributed by atoms with E-state index < -0.39 is 0 Å². The van der Waals surface area contributed by atoms with E-state index >= 15 is 0 Å². The summed E-state index contributed by atoms with van der Waals surface area (Å²) in [5.41, 5.74) is 2.14. The van der Waals surface area contributed by atoms with Crippen LogP contribution in [0.2, 0.25) is 0 Å². The summed E-state index contributed by atoms with van der Waals surface area (Å²) in [4.78, 5) is 20.1. The molecular weight excluding hydrogens is 156 g/mol. The lowest BCUT2D eigenvalue weighted by atomic mass is 10.8. The highest BCUT2D eigenvalue weighted by molar-refractivity contribution is 8.14. The number of carbonyl (C=O) groups excluding carboxylic acids is 2. The molecule has 0 fully saturated rings. The second-order valence-corrected chi connectivity index (χ2v) is 2.36. The zero-order valence-electron chi connectivity index (χ0n) is 4.86. The van der Waals surface area contributed by atoms with Crippen molar-refractivity contribution in [2.45, 2.75) is 0 Å². The average molecular weight is 160 g/mol. The van der Waals surface area contributed by atoms with Crippen molar-refractivity contribution in [3.63, 3.8) is 0 Å². The highest BCUT2D eigenvalue weighted by Crippen LogP contribution is 2.06. The fraction of sp³-hybridized carbons (Fsp3) is 0.250. The summed E-state index contributed by atoms with van der Waals surface area (Å²) in [5.74, 6) is 0.532. The van der Waals surface area contributed by atoms with Crippen LogP contribution in [0.1, 0.15) is 0 Å². The summed E-state index contributed by atoms with van der Waals surface area (Å²) in [5, 5.41) is 3.21. The van der Waals surface area contributed by atoms with Gasteiger partial charge in [0.15, 0.2) is 0 Å². The van der Waals surface area contributed by atoms with Crippen LogP contribution < -0.4 is 5.43 Å². The van der Waals surface area contributed by atoms with Gasteiger partial charge in [-0.05, 0) is 0 Å². The van der Waals surface area contributed by atoms with Crippen molar-refractivity contribution in [3.05, 3.63) is 0 Å². The van der Waals surface area contributed by atoms with Crippen molar-refractivity contribution >= 4 is 29.4 Å². The first-order valence-electron chi connectivity index (χ1n) is 2.42. The van der Waals surface area contributed by atoms with Crippen LogP contribution in [-0.4, -0.2) is 23.4 Å². The molecule has 0 spiro atoms. The van der Waals surface area contributed by atoms with E-state index in [9.17, 15) is 9.59 Å². The van der Waals surface area contributed by atoms with Gasteiger partial charge >= 0.3 is 0 Å². The molecular formula is C4H4N2O3S. The number of nitrogens with one attached hydrogen (secondary N) is 1. The van der Waals surface area contributed by atoms with Gasteiger partial charge < -0.3 is 4.74 Å². The van der Waals surface area contributed by atoms with Gasteiger partial charge in [0.05, 0.1) is 5.75 Å². The second kappa shape index (κ2) is 3.21. The zero-order valence-corrected chi connectivity index (χ0v) is 5.68. The van der Waals surface area contributed by atoms with Crippen LogP contribution in [0.15, 0.2) is 5.10 Å². The van der Waals surface area contributed by atoms with E-state index in [1.54, 1.807) is 0 Å². The smallest absolute Gasteiger partial charge is 0.299 e. The molecule has 0 aliphatic carbocycles. The number of amides is 1. The predicted octanol–water partition coefficient (Wildman–Crippen LogP) is -0.0707. The minimum Gasteiger partial charge on any atom is -0.411 e. The van der Waals surface area contributed by atoms with Gasteiger partial charge in [0, 0.05) is 0 Å². The Hall–Kier alpha value is -1.04. The molecule has 1 aliphatic rings. The zero-order chi connectivity index (χ0) is 7.40. The summed E-state index contributed by atoms with van der Waals surface area (Å²) in [6, 6.07) is 0. The molecule has 1 aliphatic heterocycles. The third-order valence-electron chi connectivity index (χ3n) is 0.783. The van der Waals surface area contributed by atoms with E-state index in [1.165, 1.54) is 0 Å². The molecule has 54 valence electrons. The largest absolute Gasteiger partial charge is 0.411 e. The van der Waals surface area contributed by atoms with Crippen LogP contribution in [0.3, 0.4) is 0 Å². The molecule has 0 aromatic carbocycles. The molecule has 10 heavy (non-hydrogen) atoms. The SMILES string of the molecule is O=COC1=NNC(=O)SC1. The molecule has 0 atom stereocenters. The quantitative estimate of drug-likeness (QED) is 0.545. The minimum absolute atomic E-state index is 0.222. The summed E-state index contributed by atoms with van der Waals surface area (Å²) < 4.78 is 4.36. The first-order chi connectivity index (χ1) is 4.83. The molecule has 1 rings (SSSR count). The Balaban J connectivity index is 2.47. The van der Waals surface area contributed by atoms with Crippen molar-refractivity contribution < 1.29 is 14.3 Å². The molecule has 0 saturated heterocycles. The number of ether oxygens (including phenoxy) is 1. The van der Waals surface area contributed by atoms with Crippen LogP contribution in [-0.2, 0) is 9.53 Å². The second-order valence-electron chi connectivity index (χ2n) is 1.41. The number of thioether (sulfide) groups is 1. The number of nitrogens with zero attached hydrogens (tertiary/aromatic N) is 1. The highest BCUT2D eigenvalue weighted by Gasteiger charge is 2.12. The van der Waals surface area contributed by atoms with Gasteiger partial charge in [-0.3, -0.25) is 9.59 Å². The van der Waals surface area contributed by atoms with Crippen LogP contribution in [0, 0.1) is 0 Å². The van der Waals surface area contributed by atoms with Crippen LogP contribution >= 0.6 is 11.8 Å². The molecule has 1 heterocycles. The fourth-order valence-corrected chi connectivity index (χ4v) is 0.913. The number of hydrogen-bond acceptors (Lipinski definition) is 5. The Labute approximate surface area is 60.8 Å². The third-order valence-corrected chi connectivity index (χ3v) is 1.53. The Bertz CT molecular complexity index is 191. The Morgan fingerprint density at radius 2 is 2.60 bits per heavy atom. The lowest BCUT2D eigenvalue weighted by molar-refractivity contribution is -0.121. The molecule has 0 saturated carbocycles. The van der Waals surface area contributed by atoms with E-state index in [0.29, 0.717) is 5.75 Å². The highest BCUT2D eigenvalue weighted by atomic mass is 32.2. The van der Waals surface area contributed by atoms with Crippen molar-refractivity contribution in [1.29, 1.82) is 0 Å². The summed E-state index contributed by atoms with van der Waals surface area (Å²) in [6.45, 7) is 0.275. The molecule has 0 aromatic rings. The van der Waals surface area contributed by atoms with Gasteiger partial charge in [-0.25, -0.2) is 5.43 Å². The van der Waals surface area contributed by atoms with Crippen molar-refractivity contribution in [2.24, 2.45) is 5.10 Å². The number of hydrogen-bond donors (Lipinski definition) is 1. The van der Waals surface area contributed by atoms with Crippen LogP contribution in [0.25, 0.3) is 0 Å². The van der Waals surface area contributed by atoms with Gasteiger partial charge in [-0.1, -0.05) is 11.8 Å². The van der Waals surface area contributed by atoms with E-state index in [-0.39, 0.29) is 17.6 Å². The van der Waals surface area contributed by atoms with E-state index in [2.05, 4.69) is 15.3 Å². The molecule has 6 heteroatoms. The minimum atomic E-state index is -0.238. The standard InChI is InChI=1S/C4H4N2O3S/c7-2-9-3-1-10-4(8)6-5-3/h2H,1H2,(H,6,8). The maximum Gasteiger partial charge on any atom is 0.299 e. The van der Waals surface area contributed by atoms with Crippen LogP contribution in [0.4, 0.5) is 4.79 Å². The van der Waals surface area contributed by atoms with Crippen LogP contribution in [0.5, 0.6) is 0 Å². The number of carbonyl (C=O) groups is 2. The van der Waals surface area contributed by atoms with E-state index in [0.717, 1.165) is 11.8 Å². The van der Waals surface area contributed by atoms with Gasteiger partial charge in [0.1, 0.15) is 0 Å². The third kappa shape index (κ3) is 1.73. The molecule has 0 unspecified atom stereocenters. The Morgan fingerprint density at radius 1 is 1.80 bits per heavy atom. The molecule has 5 nitrogen and oxygen atoms in total. The lowest BCUT2D eigenvalue weighted by Crippen LogP contribution is -2.24. The van der Waals surface area contributed by atoms with Crippen molar-refractivity contribution in [3.8, 4) is 0 Å². The molecule has 0 aromatic heterocycles. The number of rotatable bonds is 1. The maximum atomic E-state index is 10.4. The summed E-state index contributed by atoms with van der Waals surface area (Å²) >= 11 is 1.00. The maximum absolute atomic E-state index is 10.4. The lowest BCUT2D eigenvalue weighted by Gasteiger charge is -2.07. The topological polar surface area (TPSA) is 67.8 Å². The van der Waals surface area contributed by atoms with Gasteiger partial charge in [-0.15, -0.1) is 5.10 Å². The molecule has 1 N–H and O–H groups in total. The van der Waals surface area contributed by atoms with E-state index in [4.69, 9.17) is 0 Å². The van der Waals surface area contributed by atoms with Gasteiger partial charge in [0.25, 0.3) is 11.7 Å². The van der Waals surface area contributed by atoms with Gasteiger partial charge in [-0.2, -0.15) is 0 Å². The normalized spacial score (nSPS) is 17.2. The fourth-order valence-electron chi connectivity index (χ4n) is 0.416. The molecule has 0 bridgehead atoms. The number of hydrazone groups is 1.